The average Bonchev–Trinajstić information content (AvgIpc) is 2.88. The highest BCUT2D eigenvalue weighted by Crippen LogP contribution is 2.46. The van der Waals surface area contributed by atoms with Crippen LogP contribution in [0.3, 0.4) is 0 Å². The number of piperidine rings is 1. The van der Waals surface area contributed by atoms with E-state index in [0.29, 0.717) is 6.04 Å². The summed E-state index contributed by atoms with van der Waals surface area (Å²) >= 11 is 1.87. The predicted octanol–water partition coefficient (Wildman–Crippen LogP) is 4.65. The van der Waals surface area contributed by atoms with Crippen molar-refractivity contribution in [2.75, 3.05) is 19.3 Å². The van der Waals surface area contributed by atoms with Gasteiger partial charge in [-0.15, -0.1) is 11.8 Å². The lowest BCUT2D eigenvalue weighted by Crippen LogP contribution is -2.49. The molecule has 3 heteroatoms. The number of fused-ring (bicyclic) bond motifs is 2. The Morgan fingerprint density at radius 2 is 2.23 bits per heavy atom. The van der Waals surface area contributed by atoms with Gasteiger partial charge < -0.3 is 4.98 Å². The van der Waals surface area contributed by atoms with Gasteiger partial charge in [0, 0.05) is 29.4 Å². The molecule has 4 rings (SSSR count). The summed E-state index contributed by atoms with van der Waals surface area (Å²) in [6.07, 6.45) is 6.03. The number of thioether (sulfide) groups is 1. The van der Waals surface area contributed by atoms with E-state index < -0.39 is 0 Å². The van der Waals surface area contributed by atoms with E-state index in [1.54, 1.807) is 16.5 Å². The molecule has 0 amide bonds. The molecule has 0 saturated carbocycles. The Bertz CT molecular complexity index is 690. The number of H-pyrrole nitrogens is 1. The van der Waals surface area contributed by atoms with Crippen molar-refractivity contribution in [1.82, 2.24) is 9.88 Å². The minimum Gasteiger partial charge on any atom is -0.349 e. The van der Waals surface area contributed by atoms with E-state index >= 15 is 0 Å². The van der Waals surface area contributed by atoms with Crippen LogP contribution in [-0.2, 0) is 6.42 Å². The topological polar surface area (TPSA) is 19.0 Å². The Balaban J connectivity index is 1.86. The molecule has 118 valence electrons. The second-order valence-electron chi connectivity index (χ2n) is 7.12. The molecule has 0 radical (unpaired) electrons. The van der Waals surface area contributed by atoms with Crippen LogP contribution in [0.25, 0.3) is 10.9 Å². The number of benzene rings is 1. The monoisotopic (exact) mass is 314 g/mol. The summed E-state index contributed by atoms with van der Waals surface area (Å²) in [7, 11) is 0. The minimum atomic E-state index is 0.705. The molecule has 1 aromatic carbocycles. The summed E-state index contributed by atoms with van der Waals surface area (Å²) in [5.41, 5.74) is 4.53. The Morgan fingerprint density at radius 3 is 3.00 bits per heavy atom. The molecule has 1 aromatic heterocycles. The number of aromatic nitrogens is 1. The van der Waals surface area contributed by atoms with Crippen LogP contribution in [0.15, 0.2) is 23.2 Å². The molecule has 1 aliphatic carbocycles. The summed E-state index contributed by atoms with van der Waals surface area (Å²) in [4.78, 5) is 6.43. The van der Waals surface area contributed by atoms with Gasteiger partial charge in [0.1, 0.15) is 0 Å². The quantitative estimate of drug-likeness (QED) is 0.832. The highest BCUT2D eigenvalue weighted by molar-refractivity contribution is 7.98. The fraction of sp³-hybridized carbons (Fsp3) is 0.579. The summed E-state index contributed by atoms with van der Waals surface area (Å²) in [5, 5.41) is 2.93. The average molecular weight is 314 g/mol. The van der Waals surface area contributed by atoms with E-state index in [2.05, 4.69) is 48.2 Å². The van der Waals surface area contributed by atoms with Crippen molar-refractivity contribution in [1.29, 1.82) is 0 Å². The van der Waals surface area contributed by atoms with E-state index in [0.717, 1.165) is 11.8 Å². The van der Waals surface area contributed by atoms with Gasteiger partial charge >= 0.3 is 0 Å². The van der Waals surface area contributed by atoms with Gasteiger partial charge in [-0.1, -0.05) is 26.0 Å². The van der Waals surface area contributed by atoms with Gasteiger partial charge in [0.25, 0.3) is 0 Å². The van der Waals surface area contributed by atoms with Crippen LogP contribution in [0.1, 0.15) is 43.7 Å². The largest absolute Gasteiger partial charge is 0.349 e. The molecular weight excluding hydrogens is 288 g/mol. The van der Waals surface area contributed by atoms with Crippen molar-refractivity contribution in [2.45, 2.75) is 50.1 Å². The van der Waals surface area contributed by atoms with E-state index in [1.165, 1.54) is 42.9 Å². The fourth-order valence-corrected chi connectivity index (χ4v) is 5.46. The molecule has 0 spiro atoms. The van der Waals surface area contributed by atoms with Crippen LogP contribution in [0.5, 0.6) is 0 Å². The maximum absolute atomic E-state index is 3.66. The third-order valence-electron chi connectivity index (χ3n) is 5.58. The molecule has 3 atom stereocenters. The molecule has 1 fully saturated rings. The van der Waals surface area contributed by atoms with Crippen LogP contribution < -0.4 is 0 Å². The third-order valence-corrected chi connectivity index (χ3v) is 6.34. The molecule has 0 bridgehead atoms. The van der Waals surface area contributed by atoms with E-state index in [1.807, 2.05) is 11.8 Å². The molecule has 2 heterocycles. The number of likely N-dealkylation sites (tertiary alicyclic amines) is 1. The van der Waals surface area contributed by atoms with Crippen molar-refractivity contribution >= 4 is 22.7 Å². The smallest absolute Gasteiger partial charge is 0.0763 e. The molecule has 1 unspecified atom stereocenters. The first kappa shape index (κ1) is 14.6. The number of hydrogen-bond acceptors (Lipinski definition) is 2. The van der Waals surface area contributed by atoms with Gasteiger partial charge in [0.05, 0.1) is 5.03 Å². The van der Waals surface area contributed by atoms with E-state index in [-0.39, 0.29) is 0 Å². The fourth-order valence-electron chi connectivity index (χ4n) is 4.81. The molecule has 1 saturated heterocycles. The molecule has 22 heavy (non-hydrogen) atoms. The second kappa shape index (κ2) is 5.61. The van der Waals surface area contributed by atoms with Crippen molar-refractivity contribution in [2.24, 2.45) is 5.92 Å². The number of aromatic amines is 1. The molecular formula is C19H26N2S. The van der Waals surface area contributed by atoms with Crippen LogP contribution in [0, 0.1) is 5.92 Å². The lowest BCUT2D eigenvalue weighted by Gasteiger charge is -2.46. The molecule has 1 aliphatic heterocycles. The first-order chi connectivity index (χ1) is 10.7. The SMILES string of the molecule is CCCN1C[C@H](C)CC2c3cccc4[nH]c(SC)c(c34)C[C@H]21. The zero-order valence-corrected chi connectivity index (χ0v) is 14.7. The van der Waals surface area contributed by atoms with Crippen LogP contribution in [0.2, 0.25) is 0 Å². The first-order valence-electron chi connectivity index (χ1n) is 8.64. The van der Waals surface area contributed by atoms with Gasteiger partial charge in [0.2, 0.25) is 0 Å². The Morgan fingerprint density at radius 1 is 1.36 bits per heavy atom. The summed E-state index contributed by atoms with van der Waals surface area (Å²) in [6.45, 7) is 7.26. The van der Waals surface area contributed by atoms with E-state index in [9.17, 15) is 0 Å². The van der Waals surface area contributed by atoms with Gasteiger partial charge in [-0.05, 0) is 55.2 Å². The predicted molar refractivity (Wildman–Crippen MR) is 96.0 cm³/mol. The Kier molecular flexibility index (Phi) is 3.74. The summed E-state index contributed by atoms with van der Waals surface area (Å²) in [6, 6.07) is 7.59. The van der Waals surface area contributed by atoms with Crippen LogP contribution >= 0.6 is 11.8 Å². The Labute approximate surface area is 137 Å². The van der Waals surface area contributed by atoms with Gasteiger partial charge in [-0.2, -0.15) is 0 Å². The van der Waals surface area contributed by atoms with E-state index in [4.69, 9.17) is 0 Å². The summed E-state index contributed by atoms with van der Waals surface area (Å²) in [5.74, 6) is 1.53. The molecule has 2 nitrogen and oxygen atoms in total. The maximum Gasteiger partial charge on any atom is 0.0763 e. The lowest BCUT2D eigenvalue weighted by molar-refractivity contribution is 0.0906. The zero-order valence-electron chi connectivity index (χ0n) is 13.9. The van der Waals surface area contributed by atoms with Crippen LogP contribution in [-0.4, -0.2) is 35.3 Å². The van der Waals surface area contributed by atoms with Crippen molar-refractivity contribution in [3.8, 4) is 0 Å². The van der Waals surface area contributed by atoms with Crippen molar-refractivity contribution < 1.29 is 0 Å². The highest BCUT2D eigenvalue weighted by atomic mass is 32.2. The minimum absolute atomic E-state index is 0.705. The Hall–Kier alpha value is -0.930. The number of nitrogens with zero attached hydrogens (tertiary/aromatic N) is 1. The standard InChI is InChI=1S/C19H26N2S/c1-4-8-21-11-12(2)9-14-13-6-5-7-16-18(13)15(10-17(14)21)19(20-16)22-3/h5-7,12,14,17,20H,4,8-11H2,1-3H3/t12-,14?,17-/m1/s1. The number of hydrogen-bond donors (Lipinski definition) is 1. The highest BCUT2D eigenvalue weighted by Gasteiger charge is 2.40. The molecule has 2 aliphatic rings. The third kappa shape index (κ3) is 2.13. The molecule has 2 aromatic rings. The van der Waals surface area contributed by atoms with Crippen molar-refractivity contribution in [3.63, 3.8) is 0 Å². The second-order valence-corrected chi connectivity index (χ2v) is 7.94. The lowest BCUT2D eigenvalue weighted by atomic mass is 9.72. The first-order valence-corrected chi connectivity index (χ1v) is 9.86. The molecule has 1 N–H and O–H groups in total. The van der Waals surface area contributed by atoms with Crippen LogP contribution in [0.4, 0.5) is 0 Å². The number of rotatable bonds is 3. The zero-order chi connectivity index (χ0) is 15.3. The summed E-state index contributed by atoms with van der Waals surface area (Å²) < 4.78 is 0. The maximum atomic E-state index is 3.66. The normalized spacial score (nSPS) is 28.0. The van der Waals surface area contributed by atoms with Gasteiger partial charge in [-0.3, -0.25) is 4.90 Å². The van der Waals surface area contributed by atoms with Gasteiger partial charge in [-0.25, -0.2) is 0 Å². The van der Waals surface area contributed by atoms with Gasteiger partial charge in [0.15, 0.2) is 0 Å². The number of nitrogens with one attached hydrogen (secondary N) is 1. The van der Waals surface area contributed by atoms with Crippen molar-refractivity contribution in [3.05, 3.63) is 29.3 Å².